The lowest BCUT2D eigenvalue weighted by atomic mass is 10.1. The molecule has 2 aromatic carbocycles. The van der Waals surface area contributed by atoms with Gasteiger partial charge in [-0.15, -0.1) is 0 Å². The molecular formula is C19H17N3O2. The minimum Gasteiger partial charge on any atom is -0.317 e. The molecule has 0 unspecified atom stereocenters. The zero-order valence-electron chi connectivity index (χ0n) is 13.6. The van der Waals surface area contributed by atoms with Crippen LogP contribution in [0.15, 0.2) is 48.8 Å². The lowest BCUT2D eigenvalue weighted by Gasteiger charge is -2.16. The third-order valence-corrected chi connectivity index (χ3v) is 4.66. The molecule has 0 saturated carbocycles. The highest BCUT2D eigenvalue weighted by Crippen LogP contribution is 2.32. The van der Waals surface area contributed by atoms with Gasteiger partial charge in [0.25, 0.3) is 5.91 Å². The highest BCUT2D eigenvalue weighted by molar-refractivity contribution is 6.21. The Bertz CT molecular complexity index is 959. The second kappa shape index (κ2) is 5.30. The van der Waals surface area contributed by atoms with Gasteiger partial charge in [-0.2, -0.15) is 0 Å². The zero-order valence-corrected chi connectivity index (χ0v) is 13.6. The summed E-state index contributed by atoms with van der Waals surface area (Å²) >= 11 is 0. The summed E-state index contributed by atoms with van der Waals surface area (Å²) < 4.78 is 1.82. The van der Waals surface area contributed by atoms with E-state index in [9.17, 15) is 9.59 Å². The van der Waals surface area contributed by atoms with E-state index in [2.05, 4.69) is 4.98 Å². The highest BCUT2D eigenvalue weighted by Gasteiger charge is 2.41. The Kier molecular flexibility index (Phi) is 3.23. The number of carbonyl (C=O) groups is 2. The van der Waals surface area contributed by atoms with Crippen molar-refractivity contribution in [3.63, 3.8) is 0 Å². The molecule has 0 N–H and O–H groups in total. The van der Waals surface area contributed by atoms with Crippen LogP contribution in [0.3, 0.4) is 0 Å². The molecule has 1 fully saturated rings. The molecule has 1 saturated heterocycles. The van der Waals surface area contributed by atoms with Gasteiger partial charge in [0, 0.05) is 0 Å². The van der Waals surface area contributed by atoms with Crippen molar-refractivity contribution in [1.82, 2.24) is 9.55 Å². The predicted octanol–water partition coefficient (Wildman–Crippen LogP) is 3.16. The van der Waals surface area contributed by atoms with Crippen LogP contribution in [0.4, 0.5) is 5.69 Å². The highest BCUT2D eigenvalue weighted by atomic mass is 16.2. The second-order valence-corrected chi connectivity index (χ2v) is 6.20. The number of hydrogen-bond acceptors (Lipinski definition) is 3. The molecule has 0 spiro atoms. The molecule has 5 nitrogen and oxygen atoms in total. The van der Waals surface area contributed by atoms with Crippen LogP contribution in [0.5, 0.6) is 0 Å². The molecule has 24 heavy (non-hydrogen) atoms. The van der Waals surface area contributed by atoms with E-state index in [1.807, 2.05) is 48.7 Å². The first-order valence-corrected chi connectivity index (χ1v) is 7.92. The van der Waals surface area contributed by atoms with E-state index in [1.165, 1.54) is 4.90 Å². The quantitative estimate of drug-likeness (QED) is 0.682. The summed E-state index contributed by atoms with van der Waals surface area (Å²) in [4.78, 5) is 31.0. The van der Waals surface area contributed by atoms with Crippen molar-refractivity contribution in [1.29, 1.82) is 0 Å². The fraction of sp³-hybridized carbons (Fsp3) is 0.211. The first-order chi connectivity index (χ1) is 11.6. The Hall–Kier alpha value is -2.95. The lowest BCUT2D eigenvalue weighted by Crippen LogP contribution is -2.30. The summed E-state index contributed by atoms with van der Waals surface area (Å²) in [6, 6.07) is 12.6. The number of hydrogen-bond donors (Lipinski definition) is 0. The Labute approximate surface area is 139 Å². The molecule has 4 rings (SSSR count). The molecular weight excluding hydrogens is 302 g/mol. The maximum atomic E-state index is 12.9. The SMILES string of the molecule is Cc1cc2ncn([C@H]3CC(=O)N(c4ccccc4)C3=O)c2cc1C. The minimum absolute atomic E-state index is 0.159. The van der Waals surface area contributed by atoms with Gasteiger partial charge in [0.15, 0.2) is 0 Å². The molecule has 3 aromatic rings. The van der Waals surface area contributed by atoms with Crippen molar-refractivity contribution in [2.75, 3.05) is 4.90 Å². The van der Waals surface area contributed by atoms with Crippen molar-refractivity contribution < 1.29 is 9.59 Å². The Balaban J connectivity index is 1.77. The molecule has 1 aromatic heterocycles. The number of amides is 2. The van der Waals surface area contributed by atoms with Crippen molar-refractivity contribution in [2.24, 2.45) is 0 Å². The molecule has 5 heteroatoms. The third-order valence-electron chi connectivity index (χ3n) is 4.66. The van der Waals surface area contributed by atoms with E-state index < -0.39 is 6.04 Å². The second-order valence-electron chi connectivity index (χ2n) is 6.20. The van der Waals surface area contributed by atoms with Crippen LogP contribution in [0.2, 0.25) is 0 Å². The summed E-state index contributed by atoms with van der Waals surface area (Å²) in [6.45, 7) is 4.07. The number of benzene rings is 2. The van der Waals surface area contributed by atoms with Crippen LogP contribution in [0.1, 0.15) is 23.6 Å². The van der Waals surface area contributed by atoms with Crippen LogP contribution >= 0.6 is 0 Å². The number of anilines is 1. The summed E-state index contributed by atoms with van der Waals surface area (Å²) in [7, 11) is 0. The van der Waals surface area contributed by atoms with Gasteiger partial charge in [-0.3, -0.25) is 9.59 Å². The lowest BCUT2D eigenvalue weighted by molar-refractivity contribution is -0.122. The van der Waals surface area contributed by atoms with Gasteiger partial charge in [-0.05, 0) is 49.2 Å². The standard InChI is InChI=1S/C19H17N3O2/c1-12-8-15-16(9-13(12)2)21(11-20-15)17-10-18(23)22(19(17)24)14-6-4-3-5-7-14/h3-9,11,17H,10H2,1-2H3/t17-/m0/s1. The van der Waals surface area contributed by atoms with Crippen LogP contribution in [0, 0.1) is 13.8 Å². The average molecular weight is 319 g/mol. The number of rotatable bonds is 2. The molecule has 1 atom stereocenters. The van der Waals surface area contributed by atoms with Gasteiger partial charge >= 0.3 is 0 Å². The molecule has 1 aliphatic heterocycles. The van der Waals surface area contributed by atoms with Crippen molar-refractivity contribution in [3.8, 4) is 0 Å². The Morgan fingerprint density at radius 3 is 2.50 bits per heavy atom. The predicted molar refractivity (Wildman–Crippen MR) is 91.8 cm³/mol. The number of aromatic nitrogens is 2. The number of aryl methyl sites for hydroxylation is 2. The van der Waals surface area contributed by atoms with Gasteiger partial charge in [0.1, 0.15) is 6.04 Å². The number of nitrogens with zero attached hydrogens (tertiary/aromatic N) is 3. The summed E-state index contributed by atoms with van der Waals surface area (Å²) in [5, 5.41) is 0. The molecule has 1 aliphatic rings. The van der Waals surface area contributed by atoms with Gasteiger partial charge in [-0.25, -0.2) is 9.88 Å². The Morgan fingerprint density at radius 2 is 1.75 bits per heavy atom. The third kappa shape index (κ3) is 2.12. The summed E-state index contributed by atoms with van der Waals surface area (Å²) in [6.07, 6.45) is 1.82. The fourth-order valence-corrected chi connectivity index (χ4v) is 3.21. The molecule has 0 radical (unpaired) electrons. The number of fused-ring (bicyclic) bond motifs is 1. The summed E-state index contributed by atoms with van der Waals surface area (Å²) in [5.74, 6) is -0.384. The normalized spacial score (nSPS) is 17.9. The molecule has 120 valence electrons. The number of carbonyl (C=O) groups excluding carboxylic acids is 2. The van der Waals surface area contributed by atoms with E-state index in [-0.39, 0.29) is 18.2 Å². The number of imidazole rings is 1. The maximum absolute atomic E-state index is 12.9. The molecule has 2 amide bonds. The van der Waals surface area contributed by atoms with Crippen LogP contribution in [-0.2, 0) is 9.59 Å². The molecule has 0 bridgehead atoms. The van der Waals surface area contributed by atoms with E-state index in [1.54, 1.807) is 18.5 Å². The molecule has 2 heterocycles. The first kappa shape index (κ1) is 14.6. The van der Waals surface area contributed by atoms with Crippen molar-refractivity contribution in [3.05, 3.63) is 59.9 Å². The average Bonchev–Trinajstić information content (AvgIpc) is 3.09. The van der Waals surface area contributed by atoms with Crippen LogP contribution in [-0.4, -0.2) is 21.4 Å². The van der Waals surface area contributed by atoms with Gasteiger partial charge < -0.3 is 4.57 Å². The van der Waals surface area contributed by atoms with E-state index in [4.69, 9.17) is 0 Å². The van der Waals surface area contributed by atoms with E-state index >= 15 is 0 Å². The maximum Gasteiger partial charge on any atom is 0.257 e. The van der Waals surface area contributed by atoms with Crippen molar-refractivity contribution >= 4 is 28.5 Å². The van der Waals surface area contributed by atoms with Gasteiger partial charge in [-0.1, -0.05) is 18.2 Å². The van der Waals surface area contributed by atoms with Crippen molar-refractivity contribution in [2.45, 2.75) is 26.3 Å². The topological polar surface area (TPSA) is 55.2 Å². The van der Waals surface area contributed by atoms with E-state index in [0.717, 1.165) is 22.2 Å². The molecule has 0 aliphatic carbocycles. The zero-order chi connectivity index (χ0) is 16.8. The number of imide groups is 1. The smallest absolute Gasteiger partial charge is 0.257 e. The van der Waals surface area contributed by atoms with Gasteiger partial charge in [0.2, 0.25) is 5.91 Å². The minimum atomic E-state index is -0.537. The van der Waals surface area contributed by atoms with Crippen LogP contribution in [0.25, 0.3) is 11.0 Å². The number of para-hydroxylation sites is 1. The van der Waals surface area contributed by atoms with E-state index in [0.29, 0.717) is 5.69 Å². The fourth-order valence-electron chi connectivity index (χ4n) is 3.21. The largest absolute Gasteiger partial charge is 0.317 e. The monoisotopic (exact) mass is 319 g/mol. The Morgan fingerprint density at radius 1 is 1.04 bits per heavy atom. The summed E-state index contributed by atoms with van der Waals surface area (Å²) in [5.41, 5.74) is 4.65. The van der Waals surface area contributed by atoms with Gasteiger partial charge in [0.05, 0.1) is 29.5 Å². The van der Waals surface area contributed by atoms with Crippen LogP contribution < -0.4 is 4.90 Å². The first-order valence-electron chi connectivity index (χ1n) is 7.92.